The van der Waals surface area contributed by atoms with Gasteiger partial charge in [0.15, 0.2) is 11.5 Å². The zero-order valence-corrected chi connectivity index (χ0v) is 13.4. The number of hydrogen-bond donors (Lipinski definition) is 1. The Morgan fingerprint density at radius 2 is 1.90 bits per heavy atom. The number of aliphatic carboxylic acids is 1. The third-order valence-corrected chi connectivity index (χ3v) is 3.56. The molecule has 0 amide bonds. The molecule has 4 nitrogen and oxygen atoms in total. The minimum absolute atomic E-state index is 0.0654. The molecule has 0 aliphatic rings. The molecule has 0 radical (unpaired) electrons. The minimum Gasteiger partial charge on any atom is -0.481 e. The number of rotatable bonds is 4. The standard InChI is InChI=1S/C17H23NO3/c1-16(2,3)11-6-7-13-12(8-11)18-14(21-13)9-17(4,5)10-15(19)20/h6-8H,9-10H2,1-5H3,(H,19,20). The summed E-state index contributed by atoms with van der Waals surface area (Å²) in [4.78, 5) is 15.4. The Kier molecular flexibility index (Phi) is 3.83. The Balaban J connectivity index is 2.29. The van der Waals surface area contributed by atoms with Crippen LogP contribution in [0.4, 0.5) is 0 Å². The molecule has 0 aliphatic heterocycles. The Bertz CT molecular complexity index is 662. The Labute approximate surface area is 125 Å². The van der Waals surface area contributed by atoms with Crippen molar-refractivity contribution in [2.24, 2.45) is 5.41 Å². The first-order chi connectivity index (χ1) is 9.57. The van der Waals surface area contributed by atoms with Crippen LogP contribution in [0.1, 0.15) is 52.5 Å². The van der Waals surface area contributed by atoms with Gasteiger partial charge < -0.3 is 9.52 Å². The van der Waals surface area contributed by atoms with Gasteiger partial charge in [-0.3, -0.25) is 4.79 Å². The van der Waals surface area contributed by atoms with Crippen LogP contribution in [0.15, 0.2) is 22.6 Å². The molecular formula is C17H23NO3. The summed E-state index contributed by atoms with van der Waals surface area (Å²) in [5, 5.41) is 8.94. The summed E-state index contributed by atoms with van der Waals surface area (Å²) in [5.41, 5.74) is 2.49. The van der Waals surface area contributed by atoms with E-state index >= 15 is 0 Å². The number of nitrogens with zero attached hydrogens (tertiary/aromatic N) is 1. The summed E-state index contributed by atoms with van der Waals surface area (Å²) in [6, 6.07) is 6.04. The van der Waals surface area contributed by atoms with Crippen LogP contribution in [0.3, 0.4) is 0 Å². The van der Waals surface area contributed by atoms with Gasteiger partial charge in [0, 0.05) is 6.42 Å². The van der Waals surface area contributed by atoms with E-state index in [1.54, 1.807) is 0 Å². The Hall–Kier alpha value is -1.84. The third kappa shape index (κ3) is 3.84. The maximum absolute atomic E-state index is 10.9. The van der Waals surface area contributed by atoms with Crippen LogP contribution in [-0.2, 0) is 16.6 Å². The van der Waals surface area contributed by atoms with Crippen LogP contribution in [0.5, 0.6) is 0 Å². The molecule has 0 atom stereocenters. The van der Waals surface area contributed by atoms with Gasteiger partial charge in [-0.15, -0.1) is 0 Å². The van der Waals surface area contributed by atoms with Crippen LogP contribution in [0, 0.1) is 5.41 Å². The topological polar surface area (TPSA) is 63.3 Å². The zero-order valence-electron chi connectivity index (χ0n) is 13.4. The fourth-order valence-corrected chi connectivity index (χ4v) is 2.40. The number of oxazole rings is 1. The first-order valence-electron chi connectivity index (χ1n) is 7.19. The first kappa shape index (κ1) is 15.5. The van der Waals surface area contributed by atoms with Crippen molar-refractivity contribution in [2.45, 2.75) is 52.9 Å². The van der Waals surface area contributed by atoms with Crippen molar-refractivity contribution < 1.29 is 14.3 Å². The van der Waals surface area contributed by atoms with E-state index in [0.717, 1.165) is 11.1 Å². The van der Waals surface area contributed by atoms with Crippen molar-refractivity contribution in [3.8, 4) is 0 Å². The second-order valence-electron chi connectivity index (χ2n) is 7.45. The molecule has 1 aromatic carbocycles. The monoisotopic (exact) mass is 289 g/mol. The summed E-state index contributed by atoms with van der Waals surface area (Å²) in [7, 11) is 0. The largest absolute Gasteiger partial charge is 0.481 e. The lowest BCUT2D eigenvalue weighted by atomic mass is 9.86. The van der Waals surface area contributed by atoms with Gasteiger partial charge in [0.25, 0.3) is 0 Å². The summed E-state index contributed by atoms with van der Waals surface area (Å²) in [5.74, 6) is -0.201. The van der Waals surface area contributed by atoms with Crippen LogP contribution < -0.4 is 0 Å². The number of fused-ring (bicyclic) bond motifs is 1. The van der Waals surface area contributed by atoms with Crippen LogP contribution in [0.25, 0.3) is 11.1 Å². The number of benzene rings is 1. The molecule has 1 aromatic heterocycles. The molecule has 0 bridgehead atoms. The molecule has 0 saturated heterocycles. The number of carboxylic acid groups (broad SMARTS) is 1. The fraction of sp³-hybridized carbons (Fsp3) is 0.529. The lowest BCUT2D eigenvalue weighted by molar-refractivity contribution is -0.139. The van der Waals surface area contributed by atoms with Crippen molar-refractivity contribution in [3.63, 3.8) is 0 Å². The molecule has 0 aliphatic carbocycles. The Morgan fingerprint density at radius 1 is 1.24 bits per heavy atom. The highest BCUT2D eigenvalue weighted by Crippen LogP contribution is 2.30. The molecule has 21 heavy (non-hydrogen) atoms. The van der Waals surface area contributed by atoms with Crippen molar-refractivity contribution in [1.29, 1.82) is 0 Å². The van der Waals surface area contributed by atoms with Gasteiger partial charge in [0.2, 0.25) is 0 Å². The molecule has 2 aromatic rings. The van der Waals surface area contributed by atoms with E-state index in [-0.39, 0.29) is 17.3 Å². The maximum Gasteiger partial charge on any atom is 0.303 e. The van der Waals surface area contributed by atoms with Gasteiger partial charge in [-0.05, 0) is 28.5 Å². The zero-order chi connectivity index (χ0) is 15.8. The lowest BCUT2D eigenvalue weighted by Gasteiger charge is -2.19. The molecule has 4 heteroatoms. The van der Waals surface area contributed by atoms with Gasteiger partial charge in [-0.1, -0.05) is 40.7 Å². The van der Waals surface area contributed by atoms with Crippen LogP contribution >= 0.6 is 0 Å². The molecule has 0 fully saturated rings. The third-order valence-electron chi connectivity index (χ3n) is 3.56. The van der Waals surface area contributed by atoms with E-state index in [4.69, 9.17) is 9.52 Å². The SMILES string of the molecule is CC(C)(CC(=O)O)Cc1nc2cc(C(C)(C)C)ccc2o1. The van der Waals surface area contributed by atoms with E-state index in [9.17, 15) is 4.79 Å². The first-order valence-corrected chi connectivity index (χ1v) is 7.19. The average molecular weight is 289 g/mol. The Morgan fingerprint density at radius 3 is 2.48 bits per heavy atom. The molecule has 114 valence electrons. The average Bonchev–Trinajstić information content (AvgIpc) is 2.65. The second-order valence-corrected chi connectivity index (χ2v) is 7.45. The molecule has 1 N–H and O–H groups in total. The smallest absolute Gasteiger partial charge is 0.303 e. The van der Waals surface area contributed by atoms with Gasteiger partial charge in [-0.25, -0.2) is 4.98 Å². The van der Waals surface area contributed by atoms with E-state index in [1.807, 2.05) is 26.0 Å². The summed E-state index contributed by atoms with van der Waals surface area (Å²) >= 11 is 0. The van der Waals surface area contributed by atoms with Crippen LogP contribution in [0.2, 0.25) is 0 Å². The second kappa shape index (κ2) is 5.17. The lowest BCUT2D eigenvalue weighted by Crippen LogP contribution is -2.19. The number of aromatic nitrogens is 1. The minimum atomic E-state index is -0.800. The quantitative estimate of drug-likeness (QED) is 0.917. The van der Waals surface area contributed by atoms with Gasteiger partial charge in [0.05, 0.1) is 6.42 Å². The molecule has 0 spiro atoms. The van der Waals surface area contributed by atoms with Gasteiger partial charge in [0.1, 0.15) is 5.52 Å². The fourth-order valence-electron chi connectivity index (χ4n) is 2.40. The van der Waals surface area contributed by atoms with Crippen molar-refractivity contribution in [1.82, 2.24) is 4.98 Å². The van der Waals surface area contributed by atoms with E-state index in [2.05, 4.69) is 31.8 Å². The summed E-state index contributed by atoms with van der Waals surface area (Å²) in [6.07, 6.45) is 0.609. The van der Waals surface area contributed by atoms with Crippen molar-refractivity contribution in [2.75, 3.05) is 0 Å². The van der Waals surface area contributed by atoms with Gasteiger partial charge >= 0.3 is 5.97 Å². The van der Waals surface area contributed by atoms with E-state index in [0.29, 0.717) is 12.3 Å². The van der Waals surface area contributed by atoms with E-state index < -0.39 is 5.97 Å². The van der Waals surface area contributed by atoms with Crippen molar-refractivity contribution in [3.05, 3.63) is 29.7 Å². The van der Waals surface area contributed by atoms with Crippen LogP contribution in [-0.4, -0.2) is 16.1 Å². The predicted molar refractivity (Wildman–Crippen MR) is 82.4 cm³/mol. The highest BCUT2D eigenvalue weighted by molar-refractivity contribution is 5.74. The maximum atomic E-state index is 10.9. The number of carbonyl (C=O) groups is 1. The molecule has 0 saturated carbocycles. The molecular weight excluding hydrogens is 266 g/mol. The summed E-state index contributed by atoms with van der Waals surface area (Å²) < 4.78 is 5.75. The summed E-state index contributed by atoms with van der Waals surface area (Å²) in [6.45, 7) is 10.3. The van der Waals surface area contributed by atoms with E-state index in [1.165, 1.54) is 5.56 Å². The number of hydrogen-bond acceptors (Lipinski definition) is 3. The number of carboxylic acids is 1. The molecule has 2 rings (SSSR count). The van der Waals surface area contributed by atoms with Crippen molar-refractivity contribution >= 4 is 17.1 Å². The molecule has 0 unspecified atom stereocenters. The normalized spacial score (nSPS) is 12.8. The van der Waals surface area contributed by atoms with Gasteiger partial charge in [-0.2, -0.15) is 0 Å². The molecule has 1 heterocycles. The predicted octanol–water partition coefficient (Wildman–Crippen LogP) is 4.17. The highest BCUT2D eigenvalue weighted by atomic mass is 16.4. The highest BCUT2D eigenvalue weighted by Gasteiger charge is 2.25.